The van der Waals surface area contributed by atoms with Crippen LogP contribution in [0.15, 0.2) is 23.1 Å². The Morgan fingerprint density at radius 3 is 2.58 bits per heavy atom. The molecule has 0 spiro atoms. The summed E-state index contributed by atoms with van der Waals surface area (Å²) in [5, 5.41) is 0. The maximum atomic E-state index is 13.8. The van der Waals surface area contributed by atoms with Crippen LogP contribution in [0.25, 0.3) is 0 Å². The fourth-order valence-electron chi connectivity index (χ4n) is 1.81. The highest BCUT2D eigenvalue weighted by Crippen LogP contribution is 2.26. The zero-order valence-electron chi connectivity index (χ0n) is 11.3. The molecule has 108 valence electrons. The Hall–Kier alpha value is -0.790. The fourth-order valence-corrected chi connectivity index (χ4v) is 4.33. The van der Waals surface area contributed by atoms with Gasteiger partial charge in [0.05, 0.1) is 5.69 Å². The van der Waals surface area contributed by atoms with Crippen LogP contribution in [0.5, 0.6) is 0 Å². The molecule has 0 fully saturated rings. The topological polar surface area (TPSA) is 63.4 Å². The van der Waals surface area contributed by atoms with Crippen molar-refractivity contribution in [1.29, 1.82) is 0 Å². The smallest absolute Gasteiger partial charge is 0.248 e. The van der Waals surface area contributed by atoms with Crippen molar-refractivity contribution in [2.45, 2.75) is 24.3 Å². The van der Waals surface area contributed by atoms with E-state index in [2.05, 4.69) is 0 Å². The molecule has 0 aliphatic rings. The van der Waals surface area contributed by atoms with E-state index in [1.54, 1.807) is 11.8 Å². The normalized spacial score (nSPS) is 13.7. The second kappa shape index (κ2) is 6.58. The van der Waals surface area contributed by atoms with E-state index in [1.165, 1.54) is 23.5 Å². The number of sulfonamides is 1. The van der Waals surface area contributed by atoms with Gasteiger partial charge in [-0.15, -0.1) is 0 Å². The largest absolute Gasteiger partial charge is 0.398 e. The minimum absolute atomic E-state index is 0.0640. The number of rotatable bonds is 6. The van der Waals surface area contributed by atoms with Crippen LogP contribution in [0.3, 0.4) is 0 Å². The first-order valence-electron chi connectivity index (χ1n) is 5.87. The number of thioether (sulfide) groups is 1. The Labute approximate surface area is 118 Å². The standard InChI is InChI=1S/C12H19FN2O2S2/c1-4-9(8-18-3)15(2)19(16,17)12-10(13)6-5-7-11(12)14/h5-7,9H,4,8,14H2,1-3H3. The van der Waals surface area contributed by atoms with Crippen LogP contribution in [0.4, 0.5) is 10.1 Å². The van der Waals surface area contributed by atoms with Gasteiger partial charge in [0.15, 0.2) is 0 Å². The van der Waals surface area contributed by atoms with Gasteiger partial charge in [0.1, 0.15) is 10.7 Å². The van der Waals surface area contributed by atoms with E-state index in [1.807, 2.05) is 13.2 Å². The second-order valence-electron chi connectivity index (χ2n) is 4.20. The molecule has 0 bridgehead atoms. The summed E-state index contributed by atoms with van der Waals surface area (Å²) in [4.78, 5) is -0.433. The summed E-state index contributed by atoms with van der Waals surface area (Å²) >= 11 is 1.55. The van der Waals surface area contributed by atoms with Gasteiger partial charge in [-0.2, -0.15) is 16.1 Å². The predicted molar refractivity (Wildman–Crippen MR) is 78.2 cm³/mol. The summed E-state index contributed by atoms with van der Waals surface area (Å²) in [6.45, 7) is 1.90. The fraction of sp³-hybridized carbons (Fsp3) is 0.500. The first-order valence-corrected chi connectivity index (χ1v) is 8.70. The number of hydrogen-bond acceptors (Lipinski definition) is 4. The molecule has 0 heterocycles. The van der Waals surface area contributed by atoms with Crippen LogP contribution < -0.4 is 5.73 Å². The van der Waals surface area contributed by atoms with Gasteiger partial charge in [0.25, 0.3) is 0 Å². The lowest BCUT2D eigenvalue weighted by Gasteiger charge is -2.26. The van der Waals surface area contributed by atoms with E-state index >= 15 is 0 Å². The third-order valence-electron chi connectivity index (χ3n) is 2.98. The van der Waals surface area contributed by atoms with Crippen molar-refractivity contribution in [3.8, 4) is 0 Å². The minimum Gasteiger partial charge on any atom is -0.398 e. The summed E-state index contributed by atoms with van der Waals surface area (Å²) in [7, 11) is -2.45. The van der Waals surface area contributed by atoms with Gasteiger partial charge >= 0.3 is 0 Å². The van der Waals surface area contributed by atoms with Gasteiger partial charge in [-0.1, -0.05) is 13.0 Å². The molecule has 0 amide bonds. The van der Waals surface area contributed by atoms with Crippen molar-refractivity contribution in [1.82, 2.24) is 4.31 Å². The van der Waals surface area contributed by atoms with Crippen molar-refractivity contribution >= 4 is 27.5 Å². The number of nitrogens with zero attached hydrogens (tertiary/aromatic N) is 1. The molecule has 0 aromatic heterocycles. The molecule has 1 unspecified atom stereocenters. The average molecular weight is 306 g/mol. The van der Waals surface area contributed by atoms with E-state index < -0.39 is 20.7 Å². The van der Waals surface area contributed by atoms with Crippen LogP contribution in [0.2, 0.25) is 0 Å². The van der Waals surface area contributed by atoms with Gasteiger partial charge in [0, 0.05) is 18.8 Å². The highest BCUT2D eigenvalue weighted by atomic mass is 32.2. The maximum Gasteiger partial charge on any atom is 0.248 e. The van der Waals surface area contributed by atoms with Gasteiger partial charge in [-0.05, 0) is 24.8 Å². The lowest BCUT2D eigenvalue weighted by Crippen LogP contribution is -2.38. The van der Waals surface area contributed by atoms with E-state index in [4.69, 9.17) is 5.73 Å². The number of hydrogen-bond donors (Lipinski definition) is 1. The zero-order valence-corrected chi connectivity index (χ0v) is 12.9. The summed E-state index contributed by atoms with van der Waals surface area (Å²) in [5.41, 5.74) is 5.55. The Bertz CT molecular complexity index is 514. The number of halogens is 1. The Morgan fingerprint density at radius 1 is 1.47 bits per heavy atom. The molecule has 0 saturated carbocycles. The van der Waals surface area contributed by atoms with Crippen molar-refractivity contribution in [2.75, 3.05) is 24.8 Å². The third-order valence-corrected chi connectivity index (χ3v) is 5.70. The lowest BCUT2D eigenvalue weighted by molar-refractivity contribution is 0.383. The first-order chi connectivity index (χ1) is 8.86. The number of nitrogen functional groups attached to an aromatic ring is 1. The molecule has 1 atom stereocenters. The summed E-state index contributed by atoms with van der Waals surface area (Å²) in [6, 6.07) is 3.70. The van der Waals surface area contributed by atoms with E-state index in [9.17, 15) is 12.8 Å². The third kappa shape index (κ3) is 3.40. The van der Waals surface area contributed by atoms with Crippen LogP contribution in [0, 0.1) is 5.82 Å². The highest BCUT2D eigenvalue weighted by Gasteiger charge is 2.30. The number of benzene rings is 1. The molecular weight excluding hydrogens is 287 g/mol. The molecule has 1 aromatic rings. The average Bonchev–Trinajstić information content (AvgIpc) is 2.34. The Morgan fingerprint density at radius 2 is 2.11 bits per heavy atom. The van der Waals surface area contributed by atoms with Gasteiger partial charge in [-0.25, -0.2) is 12.8 Å². The molecule has 2 N–H and O–H groups in total. The van der Waals surface area contributed by atoms with Crippen LogP contribution in [-0.4, -0.2) is 37.8 Å². The van der Waals surface area contributed by atoms with Crippen LogP contribution in [-0.2, 0) is 10.0 Å². The summed E-state index contributed by atoms with van der Waals surface area (Å²) in [6.07, 6.45) is 2.56. The molecule has 4 nitrogen and oxygen atoms in total. The van der Waals surface area contributed by atoms with E-state index in [0.29, 0.717) is 12.2 Å². The highest BCUT2D eigenvalue weighted by molar-refractivity contribution is 7.98. The quantitative estimate of drug-likeness (QED) is 0.818. The van der Waals surface area contributed by atoms with Gasteiger partial charge < -0.3 is 5.73 Å². The Kier molecular flexibility index (Phi) is 5.64. The number of anilines is 1. The molecule has 19 heavy (non-hydrogen) atoms. The Balaban J connectivity index is 3.23. The van der Waals surface area contributed by atoms with Crippen molar-refractivity contribution < 1.29 is 12.8 Å². The molecule has 1 aromatic carbocycles. The van der Waals surface area contributed by atoms with Crippen molar-refractivity contribution in [2.24, 2.45) is 0 Å². The van der Waals surface area contributed by atoms with Crippen LogP contribution >= 0.6 is 11.8 Å². The minimum atomic E-state index is -3.91. The molecular formula is C12H19FN2O2S2. The monoisotopic (exact) mass is 306 g/mol. The lowest BCUT2D eigenvalue weighted by atomic mass is 10.3. The second-order valence-corrected chi connectivity index (χ2v) is 7.04. The molecule has 0 saturated heterocycles. The summed E-state index contributed by atoms with van der Waals surface area (Å²) < 4.78 is 39.9. The molecule has 7 heteroatoms. The van der Waals surface area contributed by atoms with Crippen LogP contribution in [0.1, 0.15) is 13.3 Å². The molecule has 0 radical (unpaired) electrons. The summed E-state index contributed by atoms with van der Waals surface area (Å²) in [5.74, 6) is -0.161. The number of nitrogens with two attached hydrogens (primary N) is 1. The first kappa shape index (κ1) is 16.3. The molecule has 1 rings (SSSR count). The van der Waals surface area contributed by atoms with E-state index in [0.717, 1.165) is 6.07 Å². The van der Waals surface area contributed by atoms with Crippen molar-refractivity contribution in [3.63, 3.8) is 0 Å². The SMILES string of the molecule is CCC(CSC)N(C)S(=O)(=O)c1c(N)cccc1F. The van der Waals surface area contributed by atoms with Gasteiger partial charge in [-0.3, -0.25) is 0 Å². The van der Waals surface area contributed by atoms with E-state index in [-0.39, 0.29) is 11.7 Å². The van der Waals surface area contributed by atoms with Gasteiger partial charge in [0.2, 0.25) is 10.0 Å². The molecule has 0 aliphatic carbocycles. The molecule has 0 aliphatic heterocycles. The maximum absolute atomic E-state index is 13.8. The predicted octanol–water partition coefficient (Wildman–Crippen LogP) is 2.17. The zero-order chi connectivity index (χ0) is 14.6. The van der Waals surface area contributed by atoms with Crippen molar-refractivity contribution in [3.05, 3.63) is 24.0 Å².